The maximum atomic E-state index is 13.1. The number of hydrogen-bond donors (Lipinski definition) is 1. The van der Waals surface area contributed by atoms with Crippen molar-refractivity contribution in [1.29, 1.82) is 0 Å². The zero-order chi connectivity index (χ0) is 18.7. The zero-order valence-electron chi connectivity index (χ0n) is 15.4. The minimum Gasteiger partial charge on any atom is -0.492 e. The van der Waals surface area contributed by atoms with E-state index in [9.17, 15) is 4.79 Å². The number of hydrogen-bond acceptors (Lipinski definition) is 4. The topological polar surface area (TPSA) is 63.8 Å². The minimum atomic E-state index is 0.0419. The highest BCUT2D eigenvalue weighted by Crippen LogP contribution is 2.45. The van der Waals surface area contributed by atoms with Gasteiger partial charge in [-0.25, -0.2) is 0 Å². The number of benzene rings is 2. The molecule has 1 fully saturated rings. The van der Waals surface area contributed by atoms with E-state index < -0.39 is 0 Å². The lowest BCUT2D eigenvalue weighted by molar-refractivity contribution is 0.0641. The number of aromatic nitrogens is 1. The van der Waals surface area contributed by atoms with E-state index in [1.165, 1.54) is 5.56 Å². The van der Waals surface area contributed by atoms with E-state index in [0.717, 1.165) is 48.3 Å². The monoisotopic (exact) mass is 376 g/mol. The Balaban J connectivity index is 1.23. The summed E-state index contributed by atoms with van der Waals surface area (Å²) in [6.07, 6.45) is 1.85. The van der Waals surface area contributed by atoms with Crippen molar-refractivity contribution in [3.63, 3.8) is 0 Å². The van der Waals surface area contributed by atoms with Crippen LogP contribution in [0.5, 0.6) is 17.2 Å². The van der Waals surface area contributed by atoms with Crippen molar-refractivity contribution >= 4 is 16.8 Å². The fourth-order valence-electron chi connectivity index (χ4n) is 4.68. The maximum Gasteiger partial charge on any atom is 0.270 e. The summed E-state index contributed by atoms with van der Waals surface area (Å²) < 4.78 is 16.8. The molecule has 1 saturated heterocycles. The number of para-hydroxylation sites is 1. The largest absolute Gasteiger partial charge is 0.492 e. The highest BCUT2D eigenvalue weighted by Gasteiger charge is 2.43. The standard InChI is InChI=1S/C22H20N2O4/c25-21(17-9-14-10-19-20(28-13-27-19)11-16(14)23-17)24-7-5-22(6-8-24)12-26-18-4-2-1-3-15(18)22/h1-4,9-11,23H,5-8,12-13H2. The van der Waals surface area contributed by atoms with Crippen LogP contribution in [-0.4, -0.2) is 42.3 Å². The number of amides is 1. The Morgan fingerprint density at radius 2 is 1.75 bits per heavy atom. The van der Waals surface area contributed by atoms with Crippen molar-refractivity contribution in [2.75, 3.05) is 26.5 Å². The molecular weight excluding hydrogens is 356 g/mol. The van der Waals surface area contributed by atoms with Crippen LogP contribution in [0.1, 0.15) is 28.9 Å². The quantitative estimate of drug-likeness (QED) is 0.706. The predicted octanol–water partition coefficient (Wildman–Crippen LogP) is 3.46. The highest BCUT2D eigenvalue weighted by molar-refractivity contribution is 5.98. The van der Waals surface area contributed by atoms with Crippen molar-refractivity contribution in [3.05, 3.63) is 53.7 Å². The molecule has 3 aromatic rings. The molecular formula is C22H20N2O4. The Hall–Kier alpha value is -3.15. The van der Waals surface area contributed by atoms with Crippen LogP contribution >= 0.6 is 0 Å². The fraction of sp³-hybridized carbons (Fsp3) is 0.318. The number of nitrogens with zero attached hydrogens (tertiary/aromatic N) is 1. The predicted molar refractivity (Wildman–Crippen MR) is 103 cm³/mol. The summed E-state index contributed by atoms with van der Waals surface area (Å²) in [7, 11) is 0. The number of rotatable bonds is 1. The number of carbonyl (C=O) groups is 1. The van der Waals surface area contributed by atoms with E-state index >= 15 is 0 Å². The number of fused-ring (bicyclic) bond motifs is 4. The van der Waals surface area contributed by atoms with E-state index in [1.807, 2.05) is 35.2 Å². The van der Waals surface area contributed by atoms with Crippen LogP contribution in [0.25, 0.3) is 10.9 Å². The summed E-state index contributed by atoms with van der Waals surface area (Å²) in [5.74, 6) is 2.48. The third-order valence-electron chi connectivity index (χ3n) is 6.31. The van der Waals surface area contributed by atoms with Gasteiger partial charge in [-0.15, -0.1) is 0 Å². The molecule has 0 aliphatic carbocycles. The molecule has 0 atom stereocenters. The van der Waals surface area contributed by atoms with Crippen molar-refractivity contribution in [2.24, 2.45) is 0 Å². The molecule has 6 nitrogen and oxygen atoms in total. The first-order valence-corrected chi connectivity index (χ1v) is 9.66. The lowest BCUT2D eigenvalue weighted by Crippen LogP contribution is -2.46. The van der Waals surface area contributed by atoms with Gasteiger partial charge in [-0.05, 0) is 31.0 Å². The molecule has 3 aliphatic rings. The van der Waals surface area contributed by atoms with Crippen molar-refractivity contribution in [2.45, 2.75) is 18.3 Å². The van der Waals surface area contributed by atoms with Gasteiger partial charge >= 0.3 is 0 Å². The number of ether oxygens (including phenoxy) is 3. The SMILES string of the molecule is O=C(c1cc2cc3c(cc2[nH]1)OCO3)N1CCC2(CC1)COc1ccccc12. The summed E-state index contributed by atoms with van der Waals surface area (Å²) in [5, 5.41) is 0.958. The molecule has 0 radical (unpaired) electrons. The number of piperidine rings is 1. The van der Waals surface area contributed by atoms with Crippen LogP contribution in [0.2, 0.25) is 0 Å². The Kier molecular flexibility index (Phi) is 3.21. The van der Waals surface area contributed by atoms with Gasteiger partial charge in [0.1, 0.15) is 11.4 Å². The van der Waals surface area contributed by atoms with Gasteiger partial charge in [-0.2, -0.15) is 0 Å². The van der Waals surface area contributed by atoms with Crippen LogP contribution in [0.4, 0.5) is 0 Å². The summed E-state index contributed by atoms with van der Waals surface area (Å²) in [4.78, 5) is 18.3. The molecule has 142 valence electrons. The van der Waals surface area contributed by atoms with Crippen LogP contribution in [0, 0.1) is 0 Å². The Bertz CT molecular complexity index is 1050. The van der Waals surface area contributed by atoms with Gasteiger partial charge in [0.2, 0.25) is 6.79 Å². The third-order valence-corrected chi connectivity index (χ3v) is 6.31. The Morgan fingerprint density at radius 1 is 0.964 bits per heavy atom. The second-order valence-electron chi connectivity index (χ2n) is 7.83. The second-order valence-corrected chi connectivity index (χ2v) is 7.83. The molecule has 1 amide bonds. The molecule has 3 aliphatic heterocycles. The first-order chi connectivity index (χ1) is 13.7. The minimum absolute atomic E-state index is 0.0419. The van der Waals surface area contributed by atoms with Gasteiger partial charge in [-0.1, -0.05) is 18.2 Å². The molecule has 2 aromatic carbocycles. The molecule has 6 heteroatoms. The van der Waals surface area contributed by atoms with Gasteiger partial charge in [0.15, 0.2) is 11.5 Å². The Morgan fingerprint density at radius 3 is 2.61 bits per heavy atom. The van der Waals surface area contributed by atoms with Crippen molar-refractivity contribution < 1.29 is 19.0 Å². The molecule has 0 saturated carbocycles. The van der Waals surface area contributed by atoms with E-state index in [1.54, 1.807) is 0 Å². The van der Waals surface area contributed by atoms with Crippen molar-refractivity contribution in [1.82, 2.24) is 9.88 Å². The van der Waals surface area contributed by atoms with E-state index in [4.69, 9.17) is 14.2 Å². The third kappa shape index (κ3) is 2.24. The first kappa shape index (κ1) is 15.9. The Labute approximate surface area is 162 Å². The number of nitrogens with one attached hydrogen (secondary N) is 1. The maximum absolute atomic E-state index is 13.1. The molecule has 6 rings (SSSR count). The zero-order valence-corrected chi connectivity index (χ0v) is 15.4. The van der Waals surface area contributed by atoms with E-state index in [0.29, 0.717) is 18.1 Å². The van der Waals surface area contributed by atoms with Gasteiger partial charge in [0, 0.05) is 41.0 Å². The van der Waals surface area contributed by atoms with Gasteiger partial charge in [-0.3, -0.25) is 4.79 Å². The number of carbonyl (C=O) groups excluding carboxylic acids is 1. The van der Waals surface area contributed by atoms with Gasteiger partial charge in [0.05, 0.1) is 6.61 Å². The molecule has 0 bridgehead atoms. The van der Waals surface area contributed by atoms with Gasteiger partial charge < -0.3 is 24.1 Å². The van der Waals surface area contributed by atoms with Crippen LogP contribution < -0.4 is 14.2 Å². The number of H-pyrrole nitrogens is 1. The molecule has 4 heterocycles. The lowest BCUT2D eigenvalue weighted by atomic mass is 9.74. The summed E-state index contributed by atoms with van der Waals surface area (Å²) >= 11 is 0. The van der Waals surface area contributed by atoms with E-state index in [2.05, 4.69) is 17.1 Å². The summed E-state index contributed by atoms with van der Waals surface area (Å²) in [5.41, 5.74) is 2.84. The smallest absolute Gasteiger partial charge is 0.270 e. The average Bonchev–Trinajstić information content (AvgIpc) is 3.44. The number of likely N-dealkylation sites (tertiary alicyclic amines) is 1. The molecule has 1 aromatic heterocycles. The fourth-order valence-corrected chi connectivity index (χ4v) is 4.68. The summed E-state index contributed by atoms with van der Waals surface area (Å²) in [6, 6.07) is 14.0. The molecule has 1 N–H and O–H groups in total. The van der Waals surface area contributed by atoms with Crippen LogP contribution in [0.3, 0.4) is 0 Å². The second kappa shape index (κ2) is 5.67. The van der Waals surface area contributed by atoms with Gasteiger partial charge in [0.25, 0.3) is 5.91 Å². The normalized spacial score (nSPS) is 19.1. The number of aromatic amines is 1. The van der Waals surface area contributed by atoms with Crippen LogP contribution in [-0.2, 0) is 5.41 Å². The summed E-state index contributed by atoms with van der Waals surface area (Å²) in [6.45, 7) is 2.42. The lowest BCUT2D eigenvalue weighted by Gasteiger charge is -2.38. The molecule has 0 unspecified atom stereocenters. The molecule has 28 heavy (non-hydrogen) atoms. The highest BCUT2D eigenvalue weighted by atomic mass is 16.7. The van der Waals surface area contributed by atoms with E-state index in [-0.39, 0.29) is 18.1 Å². The van der Waals surface area contributed by atoms with Crippen LogP contribution in [0.15, 0.2) is 42.5 Å². The molecule has 1 spiro atoms. The van der Waals surface area contributed by atoms with Crippen molar-refractivity contribution in [3.8, 4) is 17.2 Å². The first-order valence-electron chi connectivity index (χ1n) is 9.66. The average molecular weight is 376 g/mol.